The van der Waals surface area contributed by atoms with E-state index in [0.717, 1.165) is 5.82 Å². The zero-order valence-electron chi connectivity index (χ0n) is 9.39. The SMILES string of the molecule is CC(CN)c1nncn1C1CCCCC1. The van der Waals surface area contributed by atoms with Gasteiger partial charge in [0, 0.05) is 18.5 Å². The van der Waals surface area contributed by atoms with Crippen molar-refractivity contribution in [2.24, 2.45) is 5.73 Å². The van der Waals surface area contributed by atoms with Crippen LogP contribution in [0.15, 0.2) is 6.33 Å². The predicted octanol–water partition coefficient (Wildman–Crippen LogP) is 1.85. The van der Waals surface area contributed by atoms with Crippen LogP contribution in [0.5, 0.6) is 0 Å². The van der Waals surface area contributed by atoms with Gasteiger partial charge in [-0.1, -0.05) is 26.2 Å². The number of hydrogen-bond acceptors (Lipinski definition) is 3. The highest BCUT2D eigenvalue weighted by molar-refractivity contribution is 4.97. The summed E-state index contributed by atoms with van der Waals surface area (Å²) in [6.45, 7) is 2.76. The highest BCUT2D eigenvalue weighted by Crippen LogP contribution is 2.29. The van der Waals surface area contributed by atoms with E-state index in [1.807, 2.05) is 6.33 Å². The molecule has 1 aromatic rings. The second kappa shape index (κ2) is 4.75. The van der Waals surface area contributed by atoms with E-state index >= 15 is 0 Å². The Labute approximate surface area is 90.9 Å². The normalized spacial score (nSPS) is 20.4. The third kappa shape index (κ3) is 2.20. The fourth-order valence-electron chi connectivity index (χ4n) is 2.35. The molecule has 4 nitrogen and oxygen atoms in total. The summed E-state index contributed by atoms with van der Waals surface area (Å²) >= 11 is 0. The average molecular weight is 208 g/mol. The van der Waals surface area contributed by atoms with Gasteiger partial charge in [0.25, 0.3) is 0 Å². The molecule has 0 amide bonds. The number of hydrogen-bond donors (Lipinski definition) is 1. The van der Waals surface area contributed by atoms with Crippen LogP contribution in [-0.4, -0.2) is 21.3 Å². The molecule has 2 rings (SSSR count). The Kier molecular flexibility index (Phi) is 3.36. The molecule has 84 valence electrons. The topological polar surface area (TPSA) is 56.7 Å². The van der Waals surface area contributed by atoms with Crippen molar-refractivity contribution in [3.05, 3.63) is 12.2 Å². The van der Waals surface area contributed by atoms with Gasteiger partial charge in [-0.05, 0) is 12.8 Å². The van der Waals surface area contributed by atoms with Gasteiger partial charge < -0.3 is 10.3 Å². The summed E-state index contributed by atoms with van der Waals surface area (Å²) in [5.74, 6) is 1.37. The van der Waals surface area contributed by atoms with Crippen molar-refractivity contribution in [2.75, 3.05) is 6.54 Å². The number of nitrogens with two attached hydrogens (primary N) is 1. The summed E-state index contributed by atoms with van der Waals surface area (Å²) in [4.78, 5) is 0. The van der Waals surface area contributed by atoms with Crippen LogP contribution >= 0.6 is 0 Å². The molecule has 1 heterocycles. The van der Waals surface area contributed by atoms with E-state index in [1.54, 1.807) is 0 Å². The molecule has 2 N–H and O–H groups in total. The lowest BCUT2D eigenvalue weighted by molar-refractivity contribution is 0.341. The molecule has 0 saturated heterocycles. The van der Waals surface area contributed by atoms with Gasteiger partial charge in [-0.15, -0.1) is 10.2 Å². The Hall–Kier alpha value is -0.900. The van der Waals surface area contributed by atoms with Crippen molar-refractivity contribution in [1.82, 2.24) is 14.8 Å². The fourth-order valence-corrected chi connectivity index (χ4v) is 2.35. The lowest BCUT2D eigenvalue weighted by Crippen LogP contribution is -2.19. The first-order valence-corrected chi connectivity index (χ1v) is 5.92. The van der Waals surface area contributed by atoms with Gasteiger partial charge in [0.1, 0.15) is 12.2 Å². The summed E-state index contributed by atoms with van der Waals surface area (Å²) in [5, 5.41) is 8.22. The molecule has 4 heteroatoms. The van der Waals surface area contributed by atoms with E-state index in [4.69, 9.17) is 5.73 Å². The maximum absolute atomic E-state index is 5.68. The molecular formula is C11H20N4. The molecule has 1 aromatic heterocycles. The average Bonchev–Trinajstić information content (AvgIpc) is 2.78. The lowest BCUT2D eigenvalue weighted by atomic mass is 9.95. The van der Waals surface area contributed by atoms with Gasteiger partial charge in [-0.25, -0.2) is 0 Å². The minimum absolute atomic E-state index is 0.314. The van der Waals surface area contributed by atoms with Crippen LogP contribution in [0.4, 0.5) is 0 Å². The van der Waals surface area contributed by atoms with E-state index < -0.39 is 0 Å². The van der Waals surface area contributed by atoms with Crippen LogP contribution in [0.1, 0.15) is 56.8 Å². The van der Waals surface area contributed by atoms with Crippen LogP contribution in [0, 0.1) is 0 Å². The zero-order valence-corrected chi connectivity index (χ0v) is 9.39. The number of aromatic nitrogens is 3. The van der Waals surface area contributed by atoms with Crippen LogP contribution in [0.25, 0.3) is 0 Å². The van der Waals surface area contributed by atoms with Crippen LogP contribution in [0.3, 0.4) is 0 Å². The van der Waals surface area contributed by atoms with Crippen molar-refractivity contribution in [3.8, 4) is 0 Å². The highest BCUT2D eigenvalue weighted by atomic mass is 15.3. The van der Waals surface area contributed by atoms with Crippen molar-refractivity contribution in [1.29, 1.82) is 0 Å². The summed E-state index contributed by atoms with van der Waals surface area (Å²) < 4.78 is 2.25. The molecular weight excluding hydrogens is 188 g/mol. The number of rotatable bonds is 3. The molecule has 0 bridgehead atoms. The second-order valence-electron chi connectivity index (χ2n) is 4.52. The van der Waals surface area contributed by atoms with Gasteiger partial charge in [0.2, 0.25) is 0 Å². The second-order valence-corrected chi connectivity index (χ2v) is 4.52. The van der Waals surface area contributed by atoms with Crippen molar-refractivity contribution >= 4 is 0 Å². The fraction of sp³-hybridized carbons (Fsp3) is 0.818. The van der Waals surface area contributed by atoms with Gasteiger partial charge in [-0.2, -0.15) is 0 Å². The molecule has 15 heavy (non-hydrogen) atoms. The molecule has 1 unspecified atom stereocenters. The first-order valence-electron chi connectivity index (χ1n) is 5.92. The third-order valence-corrected chi connectivity index (χ3v) is 3.36. The highest BCUT2D eigenvalue weighted by Gasteiger charge is 2.20. The Bertz CT molecular complexity index is 301. The van der Waals surface area contributed by atoms with E-state index in [1.165, 1.54) is 32.1 Å². The first-order chi connectivity index (χ1) is 7.33. The first kappa shape index (κ1) is 10.6. The molecule has 0 radical (unpaired) electrons. The summed E-state index contributed by atoms with van der Waals surface area (Å²) in [7, 11) is 0. The maximum Gasteiger partial charge on any atom is 0.137 e. The third-order valence-electron chi connectivity index (χ3n) is 3.36. The molecule has 1 atom stereocenters. The Morgan fingerprint density at radius 3 is 2.87 bits per heavy atom. The maximum atomic E-state index is 5.68. The quantitative estimate of drug-likeness (QED) is 0.824. The molecule has 1 saturated carbocycles. The smallest absolute Gasteiger partial charge is 0.137 e. The van der Waals surface area contributed by atoms with Crippen LogP contribution in [-0.2, 0) is 0 Å². The van der Waals surface area contributed by atoms with E-state index in [9.17, 15) is 0 Å². The van der Waals surface area contributed by atoms with Gasteiger partial charge in [0.05, 0.1) is 0 Å². The van der Waals surface area contributed by atoms with Gasteiger partial charge in [0.15, 0.2) is 0 Å². The monoisotopic (exact) mass is 208 g/mol. The van der Waals surface area contributed by atoms with E-state index in [0.29, 0.717) is 18.5 Å². The predicted molar refractivity (Wildman–Crippen MR) is 59.6 cm³/mol. The zero-order chi connectivity index (χ0) is 10.7. The minimum atomic E-state index is 0.314. The Morgan fingerprint density at radius 2 is 2.20 bits per heavy atom. The lowest BCUT2D eigenvalue weighted by Gasteiger charge is -2.25. The van der Waals surface area contributed by atoms with Crippen molar-refractivity contribution in [3.63, 3.8) is 0 Å². The van der Waals surface area contributed by atoms with Crippen molar-refractivity contribution < 1.29 is 0 Å². The minimum Gasteiger partial charge on any atom is -0.330 e. The summed E-state index contributed by atoms with van der Waals surface area (Å²) in [6, 6.07) is 0.609. The Morgan fingerprint density at radius 1 is 1.47 bits per heavy atom. The molecule has 1 fully saturated rings. The molecule has 0 spiro atoms. The standard InChI is InChI=1S/C11H20N4/c1-9(7-12)11-14-13-8-15(11)10-5-3-2-4-6-10/h8-10H,2-7,12H2,1H3. The Balaban J connectivity index is 2.15. The molecule has 1 aliphatic rings. The summed E-state index contributed by atoms with van der Waals surface area (Å²) in [6.07, 6.45) is 8.45. The van der Waals surface area contributed by atoms with Crippen LogP contribution in [0.2, 0.25) is 0 Å². The number of nitrogens with zero attached hydrogens (tertiary/aromatic N) is 3. The van der Waals surface area contributed by atoms with Gasteiger partial charge >= 0.3 is 0 Å². The van der Waals surface area contributed by atoms with Crippen LogP contribution < -0.4 is 5.73 Å². The summed E-state index contributed by atoms with van der Waals surface area (Å²) in [5.41, 5.74) is 5.68. The van der Waals surface area contributed by atoms with Crippen molar-refractivity contribution in [2.45, 2.75) is 51.0 Å². The molecule has 0 aromatic carbocycles. The molecule has 1 aliphatic carbocycles. The van der Waals surface area contributed by atoms with Gasteiger partial charge in [-0.3, -0.25) is 0 Å². The largest absolute Gasteiger partial charge is 0.330 e. The van der Waals surface area contributed by atoms with E-state index in [2.05, 4.69) is 21.7 Å². The molecule has 0 aliphatic heterocycles. The van der Waals surface area contributed by atoms with E-state index in [-0.39, 0.29) is 0 Å².